The summed E-state index contributed by atoms with van der Waals surface area (Å²) in [6.45, 7) is 1.49. The van der Waals surface area contributed by atoms with E-state index in [0.29, 0.717) is 11.4 Å². The van der Waals surface area contributed by atoms with Crippen LogP contribution in [0, 0.1) is 6.92 Å². The largest absolute Gasteiger partial charge is 0.467 e. The van der Waals surface area contributed by atoms with Gasteiger partial charge in [-0.05, 0) is 48.9 Å². The Morgan fingerprint density at radius 2 is 1.77 bits per heavy atom. The molecule has 0 fully saturated rings. The van der Waals surface area contributed by atoms with Gasteiger partial charge < -0.3 is 14.5 Å². The van der Waals surface area contributed by atoms with Crippen LogP contribution in [0.3, 0.4) is 0 Å². The van der Waals surface area contributed by atoms with E-state index in [2.05, 4.69) is 5.32 Å². The molecule has 0 unspecified atom stereocenters. The zero-order chi connectivity index (χ0) is 22.0. The summed E-state index contributed by atoms with van der Waals surface area (Å²) in [5, 5.41) is 2.56. The number of nitrogens with zero attached hydrogens (tertiary/aromatic N) is 1. The number of hydrogen-bond donors (Lipinski definition) is 1. The van der Waals surface area contributed by atoms with Gasteiger partial charge >= 0.3 is 5.97 Å². The maximum absolute atomic E-state index is 12.9. The molecule has 3 amide bonds. The Kier molecular flexibility index (Phi) is 5.36. The number of rotatable bonds is 6. The van der Waals surface area contributed by atoms with Gasteiger partial charge in [0.05, 0.1) is 35.2 Å². The Morgan fingerprint density at radius 1 is 1.00 bits per heavy atom. The molecule has 0 radical (unpaired) electrons. The van der Waals surface area contributed by atoms with Gasteiger partial charge in [-0.15, -0.1) is 0 Å². The Hall–Kier alpha value is -4.20. The lowest BCUT2D eigenvalue weighted by atomic mass is 10.1. The highest BCUT2D eigenvalue weighted by Gasteiger charge is 2.37. The van der Waals surface area contributed by atoms with Crippen LogP contribution in [0.15, 0.2) is 65.3 Å². The summed E-state index contributed by atoms with van der Waals surface area (Å²) in [6.07, 6.45) is 1.49. The quantitative estimate of drug-likeness (QED) is 0.487. The highest BCUT2D eigenvalue weighted by Crippen LogP contribution is 2.31. The van der Waals surface area contributed by atoms with E-state index in [9.17, 15) is 19.2 Å². The first kappa shape index (κ1) is 20.1. The van der Waals surface area contributed by atoms with Crippen LogP contribution in [0.2, 0.25) is 0 Å². The predicted molar refractivity (Wildman–Crippen MR) is 110 cm³/mol. The number of furan rings is 1. The van der Waals surface area contributed by atoms with Gasteiger partial charge in [-0.2, -0.15) is 0 Å². The molecule has 8 heteroatoms. The molecule has 8 nitrogen and oxygen atoms in total. The molecule has 0 bridgehead atoms. The maximum Gasteiger partial charge on any atom is 0.338 e. The SMILES string of the molecule is Cc1ccccc1N1C(=O)c2ccc(C(=O)OCC(=O)NCc3ccco3)cc2C1=O. The fraction of sp³-hybridized carbons (Fsp3) is 0.130. The number of para-hydroxylation sites is 1. The van der Waals surface area contributed by atoms with Gasteiger partial charge in [0.2, 0.25) is 0 Å². The van der Waals surface area contributed by atoms with Gasteiger partial charge in [0, 0.05) is 0 Å². The molecular formula is C23H18N2O6. The number of nitrogens with one attached hydrogen (secondary N) is 1. The molecule has 1 aliphatic rings. The van der Waals surface area contributed by atoms with Gasteiger partial charge in [0.1, 0.15) is 5.76 Å². The van der Waals surface area contributed by atoms with E-state index in [0.717, 1.165) is 10.5 Å². The number of aryl methyl sites for hydroxylation is 1. The minimum atomic E-state index is -0.773. The first-order valence-electron chi connectivity index (χ1n) is 9.50. The van der Waals surface area contributed by atoms with Crippen molar-refractivity contribution < 1.29 is 28.3 Å². The van der Waals surface area contributed by atoms with Gasteiger partial charge in [-0.25, -0.2) is 9.69 Å². The molecule has 0 spiro atoms. The summed E-state index contributed by atoms with van der Waals surface area (Å²) in [6, 6.07) is 14.6. The number of imide groups is 1. The zero-order valence-electron chi connectivity index (χ0n) is 16.6. The Morgan fingerprint density at radius 3 is 2.52 bits per heavy atom. The van der Waals surface area contributed by atoms with Crippen LogP contribution in [0.5, 0.6) is 0 Å². The fourth-order valence-electron chi connectivity index (χ4n) is 3.27. The number of hydrogen-bond acceptors (Lipinski definition) is 6. The number of esters is 1. The lowest BCUT2D eigenvalue weighted by molar-refractivity contribution is -0.124. The summed E-state index contributed by atoms with van der Waals surface area (Å²) in [4.78, 5) is 50.9. The number of fused-ring (bicyclic) bond motifs is 1. The van der Waals surface area contributed by atoms with Crippen molar-refractivity contribution in [3.8, 4) is 0 Å². The second-order valence-corrected chi connectivity index (χ2v) is 6.92. The molecule has 4 rings (SSSR count). The van der Waals surface area contributed by atoms with Crippen LogP contribution in [0.25, 0.3) is 0 Å². The number of anilines is 1. The van der Waals surface area contributed by atoms with Crippen molar-refractivity contribution in [2.45, 2.75) is 13.5 Å². The van der Waals surface area contributed by atoms with E-state index in [-0.39, 0.29) is 23.2 Å². The lowest BCUT2D eigenvalue weighted by Gasteiger charge is -2.16. The van der Waals surface area contributed by atoms with Gasteiger partial charge in [-0.3, -0.25) is 14.4 Å². The molecule has 156 valence electrons. The van der Waals surface area contributed by atoms with Crippen molar-refractivity contribution >= 4 is 29.4 Å². The topological polar surface area (TPSA) is 106 Å². The predicted octanol–water partition coefficient (Wildman–Crippen LogP) is 2.86. The van der Waals surface area contributed by atoms with Crippen LogP contribution in [0.4, 0.5) is 5.69 Å². The number of carbonyl (C=O) groups excluding carboxylic acids is 4. The average Bonchev–Trinajstić information content (AvgIpc) is 3.38. The highest BCUT2D eigenvalue weighted by atomic mass is 16.5. The molecule has 1 aliphatic heterocycles. The third kappa shape index (κ3) is 3.95. The smallest absolute Gasteiger partial charge is 0.338 e. The summed E-state index contributed by atoms with van der Waals surface area (Å²) in [7, 11) is 0. The first-order valence-corrected chi connectivity index (χ1v) is 9.50. The molecule has 2 aromatic carbocycles. The summed E-state index contributed by atoms with van der Waals surface area (Å²) >= 11 is 0. The minimum Gasteiger partial charge on any atom is -0.467 e. The Balaban J connectivity index is 1.44. The third-order valence-corrected chi connectivity index (χ3v) is 4.85. The second-order valence-electron chi connectivity index (χ2n) is 6.92. The number of carbonyl (C=O) groups is 4. The molecule has 0 saturated heterocycles. The van der Waals surface area contributed by atoms with Crippen LogP contribution in [-0.2, 0) is 16.1 Å². The van der Waals surface area contributed by atoms with Crippen LogP contribution in [0.1, 0.15) is 42.4 Å². The molecule has 1 N–H and O–H groups in total. The minimum absolute atomic E-state index is 0.0744. The van der Waals surface area contributed by atoms with Crippen molar-refractivity contribution in [2.24, 2.45) is 0 Å². The van der Waals surface area contributed by atoms with Crippen LogP contribution >= 0.6 is 0 Å². The van der Waals surface area contributed by atoms with Gasteiger partial charge in [0.25, 0.3) is 17.7 Å². The molecular weight excluding hydrogens is 400 g/mol. The summed E-state index contributed by atoms with van der Waals surface area (Å²) < 4.78 is 10.1. The number of amides is 3. The molecule has 3 aromatic rings. The first-order chi connectivity index (χ1) is 15.0. The molecule has 1 aromatic heterocycles. The molecule has 2 heterocycles. The van der Waals surface area contributed by atoms with E-state index in [1.807, 2.05) is 6.07 Å². The molecule has 0 saturated carbocycles. The van der Waals surface area contributed by atoms with E-state index >= 15 is 0 Å². The van der Waals surface area contributed by atoms with Gasteiger partial charge in [-0.1, -0.05) is 18.2 Å². The van der Waals surface area contributed by atoms with Gasteiger partial charge in [0.15, 0.2) is 6.61 Å². The van der Waals surface area contributed by atoms with E-state index in [4.69, 9.17) is 9.15 Å². The third-order valence-electron chi connectivity index (χ3n) is 4.85. The number of ether oxygens (including phenoxy) is 1. The lowest BCUT2D eigenvalue weighted by Crippen LogP contribution is -2.30. The van der Waals surface area contributed by atoms with Crippen molar-refractivity contribution in [2.75, 3.05) is 11.5 Å². The molecule has 31 heavy (non-hydrogen) atoms. The van der Waals surface area contributed by atoms with E-state index < -0.39 is 30.3 Å². The monoisotopic (exact) mass is 418 g/mol. The average molecular weight is 418 g/mol. The van der Waals surface area contributed by atoms with Crippen molar-refractivity contribution in [3.05, 3.63) is 88.9 Å². The van der Waals surface area contributed by atoms with Crippen molar-refractivity contribution in [1.82, 2.24) is 5.32 Å². The second kappa shape index (κ2) is 8.27. The van der Waals surface area contributed by atoms with E-state index in [1.54, 1.807) is 37.3 Å². The fourth-order valence-corrected chi connectivity index (χ4v) is 3.27. The van der Waals surface area contributed by atoms with Crippen LogP contribution in [-0.4, -0.2) is 30.3 Å². The number of benzene rings is 2. The van der Waals surface area contributed by atoms with Crippen molar-refractivity contribution in [1.29, 1.82) is 0 Å². The van der Waals surface area contributed by atoms with E-state index in [1.165, 1.54) is 24.5 Å². The molecule has 0 aliphatic carbocycles. The zero-order valence-corrected chi connectivity index (χ0v) is 16.6. The Labute approximate surface area is 177 Å². The Bertz CT molecular complexity index is 1180. The summed E-state index contributed by atoms with van der Waals surface area (Å²) in [5.74, 6) is -1.67. The summed E-state index contributed by atoms with van der Waals surface area (Å²) in [5.41, 5.74) is 1.67. The normalized spacial score (nSPS) is 12.6. The van der Waals surface area contributed by atoms with Crippen LogP contribution < -0.4 is 10.2 Å². The maximum atomic E-state index is 12.9. The van der Waals surface area contributed by atoms with Crippen molar-refractivity contribution in [3.63, 3.8) is 0 Å². The standard InChI is InChI=1S/C23H18N2O6/c1-14-5-2-3-7-19(14)25-21(27)17-9-8-15(11-18(17)22(25)28)23(29)31-13-20(26)24-12-16-6-4-10-30-16/h2-11H,12-13H2,1H3,(H,24,26). The molecule has 0 atom stereocenters. The highest BCUT2D eigenvalue weighted by molar-refractivity contribution is 6.34.